The number of benzene rings is 4. The van der Waals surface area contributed by atoms with Gasteiger partial charge in [-0.05, 0) is 45.8 Å². The van der Waals surface area contributed by atoms with Crippen molar-refractivity contribution in [3.05, 3.63) is 109 Å². The molecule has 4 aromatic carbocycles. The summed E-state index contributed by atoms with van der Waals surface area (Å²) in [6.07, 6.45) is 4.98. The average molecular weight is 469 g/mol. The maximum atomic E-state index is 4.53. The van der Waals surface area contributed by atoms with Crippen LogP contribution in [-0.2, 0) is 32.7 Å². The molecule has 0 aliphatic rings. The van der Waals surface area contributed by atoms with Gasteiger partial charge < -0.3 is 4.98 Å². The number of fused-ring (bicyclic) bond motifs is 3. The Balaban J connectivity index is 0.00000204. The Labute approximate surface area is 205 Å². The molecule has 2 aromatic heterocycles. The first-order valence-corrected chi connectivity index (χ1v) is 9.93. The molecule has 0 spiro atoms. The van der Waals surface area contributed by atoms with E-state index in [1.54, 1.807) is 6.20 Å². The van der Waals surface area contributed by atoms with Gasteiger partial charge in [0.2, 0.25) is 0 Å². The quantitative estimate of drug-likeness (QED) is 0.204. The van der Waals surface area contributed by atoms with Crippen LogP contribution in [0.2, 0.25) is 0 Å². The van der Waals surface area contributed by atoms with E-state index >= 15 is 0 Å². The molecule has 31 heavy (non-hydrogen) atoms. The van der Waals surface area contributed by atoms with Crippen LogP contribution < -0.4 is 0 Å². The Bertz CT molecular complexity index is 1520. The zero-order valence-corrected chi connectivity index (χ0v) is 19.5. The van der Waals surface area contributed by atoms with Crippen LogP contribution in [0, 0.1) is 12.3 Å². The van der Waals surface area contributed by atoms with Gasteiger partial charge in [0.15, 0.2) is 0 Å². The first-order valence-electron chi connectivity index (χ1n) is 9.93. The Kier molecular flexibility index (Phi) is 5.35. The fourth-order valence-electron chi connectivity index (χ4n) is 4.03. The van der Waals surface area contributed by atoms with Crippen molar-refractivity contribution in [2.24, 2.45) is 0 Å². The fraction of sp³-hybridized carbons (Fsp3) is 0. The van der Waals surface area contributed by atoms with Crippen molar-refractivity contribution >= 4 is 32.3 Å². The minimum absolute atomic E-state index is 0. The molecule has 6 rings (SSSR count). The maximum absolute atomic E-state index is 4.53. The van der Waals surface area contributed by atoms with Crippen LogP contribution in [0.15, 0.2) is 97.2 Å². The van der Waals surface area contributed by atoms with E-state index in [4.69, 9.17) is 0 Å². The number of aromatic nitrogens is 2. The van der Waals surface area contributed by atoms with E-state index in [-0.39, 0.29) is 32.7 Å². The first-order chi connectivity index (χ1) is 14.8. The summed E-state index contributed by atoms with van der Waals surface area (Å²) in [5.41, 5.74) is 3.61. The summed E-state index contributed by atoms with van der Waals surface area (Å²) in [6.45, 7) is 0. The molecule has 0 aliphatic carbocycles. The van der Waals surface area contributed by atoms with Gasteiger partial charge in [-0.3, -0.25) is 4.98 Å². The molecule has 0 amide bonds. The van der Waals surface area contributed by atoms with Gasteiger partial charge >= 0.3 is 0 Å². The minimum atomic E-state index is 0. The van der Waals surface area contributed by atoms with Crippen LogP contribution in [0.25, 0.3) is 54.8 Å². The molecule has 143 valence electrons. The SMILES string of the molecule is [Y].[c-]1nc(-c2ccccn2)ccc1-c1[c-]ccc2cc3cc4ccccc4cc3cc12. The normalized spacial score (nSPS) is 11.0. The van der Waals surface area contributed by atoms with E-state index in [2.05, 4.69) is 76.8 Å². The summed E-state index contributed by atoms with van der Waals surface area (Å²) in [7, 11) is 0. The molecule has 0 fully saturated rings. The monoisotopic (exact) mass is 469 g/mol. The van der Waals surface area contributed by atoms with E-state index < -0.39 is 0 Å². The van der Waals surface area contributed by atoms with Gasteiger partial charge in [-0.1, -0.05) is 48.7 Å². The second kappa shape index (κ2) is 8.30. The third kappa shape index (κ3) is 3.67. The van der Waals surface area contributed by atoms with Gasteiger partial charge in [-0.15, -0.1) is 22.9 Å². The predicted octanol–water partition coefficient (Wildman–Crippen LogP) is 6.87. The van der Waals surface area contributed by atoms with Crippen LogP contribution in [0.1, 0.15) is 0 Å². The van der Waals surface area contributed by atoms with E-state index in [1.807, 2.05) is 36.4 Å². The molecule has 0 unspecified atom stereocenters. The minimum Gasteiger partial charge on any atom is -0.361 e. The first kappa shape index (κ1) is 20.0. The van der Waals surface area contributed by atoms with Crippen LogP contribution in [0.5, 0.6) is 0 Å². The molecule has 0 bridgehead atoms. The van der Waals surface area contributed by atoms with E-state index in [0.29, 0.717) is 0 Å². The molecule has 1 radical (unpaired) electrons. The molecule has 2 nitrogen and oxygen atoms in total. The van der Waals surface area contributed by atoms with Gasteiger partial charge in [0, 0.05) is 50.3 Å². The number of hydrogen-bond donors (Lipinski definition) is 0. The number of rotatable bonds is 2. The van der Waals surface area contributed by atoms with Crippen LogP contribution in [-0.4, -0.2) is 9.97 Å². The van der Waals surface area contributed by atoms with Crippen LogP contribution in [0.3, 0.4) is 0 Å². The van der Waals surface area contributed by atoms with Crippen molar-refractivity contribution < 1.29 is 32.7 Å². The van der Waals surface area contributed by atoms with Crippen LogP contribution in [0.4, 0.5) is 0 Å². The summed E-state index contributed by atoms with van der Waals surface area (Å²) in [5, 5.41) is 7.32. The average Bonchev–Trinajstić information content (AvgIpc) is 2.82. The Morgan fingerprint density at radius 2 is 1.35 bits per heavy atom. The zero-order valence-electron chi connectivity index (χ0n) is 16.7. The Morgan fingerprint density at radius 3 is 2.06 bits per heavy atom. The third-order valence-corrected chi connectivity index (χ3v) is 5.53. The molecular formula is C28H16N2Y-2. The number of pyridine rings is 2. The van der Waals surface area contributed by atoms with E-state index in [0.717, 1.165) is 27.9 Å². The smallest absolute Gasteiger partial charge is 0.0465 e. The molecule has 0 saturated carbocycles. The molecule has 0 aliphatic heterocycles. The van der Waals surface area contributed by atoms with Crippen molar-refractivity contribution in [1.82, 2.24) is 9.97 Å². The molecule has 0 atom stereocenters. The van der Waals surface area contributed by atoms with Crippen molar-refractivity contribution in [1.29, 1.82) is 0 Å². The molecule has 0 N–H and O–H groups in total. The second-order valence-corrected chi connectivity index (χ2v) is 7.41. The van der Waals surface area contributed by atoms with Crippen molar-refractivity contribution in [2.75, 3.05) is 0 Å². The Morgan fingerprint density at radius 1 is 0.613 bits per heavy atom. The van der Waals surface area contributed by atoms with Gasteiger partial charge in [0.25, 0.3) is 0 Å². The summed E-state index contributed by atoms with van der Waals surface area (Å²) in [4.78, 5) is 8.90. The van der Waals surface area contributed by atoms with E-state index in [9.17, 15) is 0 Å². The standard InChI is InChI=1S/C28H16N2.Y/c1-2-7-20-15-24-17-26-21(16-23(24)14-19(20)6-1)8-5-9-25(26)22-11-12-28(30-18-22)27-10-3-4-13-29-27;/h1-8,10-17H;/q-2;. The largest absolute Gasteiger partial charge is 0.361 e. The van der Waals surface area contributed by atoms with Gasteiger partial charge in [0.05, 0.1) is 0 Å². The molecule has 6 aromatic rings. The van der Waals surface area contributed by atoms with Gasteiger partial charge in [-0.25, -0.2) is 11.1 Å². The Hall–Kier alpha value is -2.94. The summed E-state index contributed by atoms with van der Waals surface area (Å²) >= 11 is 0. The maximum Gasteiger partial charge on any atom is 0.0465 e. The number of nitrogens with zero attached hydrogens (tertiary/aromatic N) is 2. The molecule has 3 heteroatoms. The number of hydrogen-bond acceptors (Lipinski definition) is 2. The van der Waals surface area contributed by atoms with Crippen molar-refractivity contribution in [3.8, 4) is 22.5 Å². The fourth-order valence-corrected chi connectivity index (χ4v) is 4.03. The summed E-state index contributed by atoms with van der Waals surface area (Å²) in [5.74, 6) is 0. The molecule has 0 saturated heterocycles. The predicted molar refractivity (Wildman–Crippen MR) is 123 cm³/mol. The topological polar surface area (TPSA) is 25.8 Å². The van der Waals surface area contributed by atoms with Gasteiger partial charge in [-0.2, -0.15) is 18.2 Å². The zero-order chi connectivity index (χ0) is 19.9. The van der Waals surface area contributed by atoms with Crippen molar-refractivity contribution in [3.63, 3.8) is 0 Å². The molecular weight excluding hydrogens is 453 g/mol. The summed E-state index contributed by atoms with van der Waals surface area (Å²) in [6, 6.07) is 34.9. The van der Waals surface area contributed by atoms with E-state index in [1.165, 1.54) is 26.9 Å². The van der Waals surface area contributed by atoms with Gasteiger partial charge in [0.1, 0.15) is 0 Å². The van der Waals surface area contributed by atoms with Crippen molar-refractivity contribution in [2.45, 2.75) is 0 Å². The summed E-state index contributed by atoms with van der Waals surface area (Å²) < 4.78 is 0. The second-order valence-electron chi connectivity index (χ2n) is 7.41. The third-order valence-electron chi connectivity index (χ3n) is 5.53. The molecule has 2 heterocycles. The van der Waals surface area contributed by atoms with Crippen LogP contribution >= 0.6 is 0 Å².